The molecule has 8 nitrogen and oxygen atoms in total. The maximum atomic E-state index is 13.6. The first-order valence-electron chi connectivity index (χ1n) is 11.2. The van der Waals surface area contributed by atoms with Crippen LogP contribution in [0.1, 0.15) is 47.2 Å². The number of benzene rings is 2. The molecule has 1 heterocycles. The van der Waals surface area contributed by atoms with Gasteiger partial charge in [0.25, 0.3) is 15.9 Å². The molecule has 3 rings (SSSR count). The lowest BCUT2D eigenvalue weighted by Gasteiger charge is -2.21. The number of carbonyl (C=O) groups is 2. The van der Waals surface area contributed by atoms with Gasteiger partial charge in [0.2, 0.25) is 0 Å². The fraction of sp³-hybridized carbons (Fsp3) is 0.280. The van der Waals surface area contributed by atoms with Gasteiger partial charge in [0.1, 0.15) is 9.77 Å². The molecule has 0 bridgehead atoms. The second-order valence-electron chi connectivity index (χ2n) is 7.53. The molecule has 0 saturated carbocycles. The number of amides is 1. The highest BCUT2D eigenvalue weighted by atomic mass is 35.5. The lowest BCUT2D eigenvalue weighted by atomic mass is 10.1. The summed E-state index contributed by atoms with van der Waals surface area (Å²) in [5.41, 5.74) is 1.14. The maximum absolute atomic E-state index is 13.6. The Hall–Kier alpha value is -3.08. The first-order valence-corrected chi connectivity index (χ1v) is 13.9. The Bertz CT molecular complexity index is 1370. The Morgan fingerprint density at radius 2 is 1.69 bits per heavy atom. The number of ether oxygens (including phenoxy) is 2. The van der Waals surface area contributed by atoms with Gasteiger partial charge in [0.05, 0.1) is 23.2 Å². The molecular weight excluding hydrogens is 524 g/mol. The average Bonchev–Trinajstić information content (AvgIpc) is 3.27. The molecular formula is C25H27ClN2O6S2. The minimum Gasteiger partial charge on any atom is -0.490 e. The molecule has 192 valence electrons. The van der Waals surface area contributed by atoms with Gasteiger partial charge in [-0.2, -0.15) is 0 Å². The molecule has 1 N–H and O–H groups in total. The van der Waals surface area contributed by atoms with Gasteiger partial charge < -0.3 is 14.8 Å². The number of carbonyl (C=O) groups excluding carboxylic acids is 2. The summed E-state index contributed by atoms with van der Waals surface area (Å²) in [6, 6.07) is 12.5. The van der Waals surface area contributed by atoms with Crippen LogP contribution in [0.5, 0.6) is 11.5 Å². The molecule has 0 aliphatic rings. The van der Waals surface area contributed by atoms with Gasteiger partial charge in [-0.05, 0) is 44.2 Å². The standard InChI is InChI=1S/C25H27ClN2O6S2/c1-5-19(29)16-9-8-10-17(13-16)27-25(30)24-22(15-23(26)35-24)36(31,32)28(4)18-11-12-20(33-6-2)21(14-18)34-7-3/h8-15H,5-7H2,1-4H3,(H,27,30). The number of nitrogens with zero attached hydrogens (tertiary/aromatic N) is 1. The van der Waals surface area contributed by atoms with Crippen molar-refractivity contribution >= 4 is 56.0 Å². The largest absolute Gasteiger partial charge is 0.490 e. The molecule has 0 atom stereocenters. The molecule has 0 radical (unpaired) electrons. The molecule has 0 aliphatic carbocycles. The van der Waals surface area contributed by atoms with E-state index >= 15 is 0 Å². The van der Waals surface area contributed by atoms with Gasteiger partial charge in [0, 0.05) is 30.8 Å². The number of nitrogens with one attached hydrogen (secondary N) is 1. The number of halogens is 1. The maximum Gasteiger partial charge on any atom is 0.267 e. The third-order valence-corrected chi connectivity index (χ3v) is 8.37. The van der Waals surface area contributed by atoms with Crippen molar-refractivity contribution in [2.75, 3.05) is 29.9 Å². The molecule has 11 heteroatoms. The monoisotopic (exact) mass is 550 g/mol. The number of sulfonamides is 1. The van der Waals surface area contributed by atoms with Gasteiger partial charge in [-0.1, -0.05) is 30.7 Å². The van der Waals surface area contributed by atoms with Crippen LogP contribution in [0.3, 0.4) is 0 Å². The third-order valence-electron chi connectivity index (χ3n) is 5.17. The Kier molecular flexibility index (Phi) is 8.99. The lowest BCUT2D eigenvalue weighted by Crippen LogP contribution is -2.28. The van der Waals surface area contributed by atoms with Crippen LogP contribution >= 0.6 is 22.9 Å². The number of rotatable bonds is 11. The average molecular weight is 551 g/mol. The Balaban J connectivity index is 1.94. The predicted molar refractivity (Wildman–Crippen MR) is 143 cm³/mol. The van der Waals surface area contributed by atoms with Gasteiger partial charge >= 0.3 is 0 Å². The van der Waals surface area contributed by atoms with Crippen LogP contribution in [-0.4, -0.2) is 40.4 Å². The molecule has 2 aromatic carbocycles. The number of hydrogen-bond acceptors (Lipinski definition) is 7. The lowest BCUT2D eigenvalue weighted by molar-refractivity contribution is 0.0985. The topological polar surface area (TPSA) is 102 Å². The smallest absolute Gasteiger partial charge is 0.267 e. The van der Waals surface area contributed by atoms with Gasteiger partial charge in [-0.15, -0.1) is 11.3 Å². The van der Waals surface area contributed by atoms with Crippen molar-refractivity contribution in [3.05, 3.63) is 63.3 Å². The van der Waals surface area contributed by atoms with Crippen molar-refractivity contribution in [1.82, 2.24) is 0 Å². The molecule has 0 fully saturated rings. The van der Waals surface area contributed by atoms with Crippen LogP contribution in [0.4, 0.5) is 11.4 Å². The molecule has 3 aromatic rings. The van der Waals surface area contributed by atoms with E-state index in [1.165, 1.54) is 13.1 Å². The summed E-state index contributed by atoms with van der Waals surface area (Å²) in [6.07, 6.45) is 0.323. The van der Waals surface area contributed by atoms with E-state index in [-0.39, 0.29) is 19.9 Å². The van der Waals surface area contributed by atoms with Gasteiger partial charge in [-0.25, -0.2) is 8.42 Å². The van der Waals surface area contributed by atoms with E-state index in [9.17, 15) is 18.0 Å². The molecule has 1 amide bonds. The zero-order valence-corrected chi connectivity index (χ0v) is 22.7. The minimum absolute atomic E-state index is 0.0723. The first-order chi connectivity index (χ1) is 17.1. The van der Waals surface area contributed by atoms with Crippen LogP contribution < -0.4 is 19.1 Å². The third kappa shape index (κ3) is 6.00. The van der Waals surface area contributed by atoms with Crippen molar-refractivity contribution in [3.63, 3.8) is 0 Å². The number of ketones is 1. The zero-order chi connectivity index (χ0) is 26.5. The molecule has 0 saturated heterocycles. The van der Waals surface area contributed by atoms with E-state index in [1.54, 1.807) is 49.4 Å². The Morgan fingerprint density at radius 1 is 1.00 bits per heavy atom. The predicted octanol–water partition coefficient (Wildman–Crippen LogP) is 5.87. The molecule has 0 unspecified atom stereocenters. The fourth-order valence-electron chi connectivity index (χ4n) is 3.38. The van der Waals surface area contributed by atoms with Crippen LogP contribution in [0.25, 0.3) is 0 Å². The Labute approximate surface area is 219 Å². The number of anilines is 2. The van der Waals surface area contributed by atoms with E-state index in [1.807, 2.05) is 13.8 Å². The summed E-state index contributed by atoms with van der Waals surface area (Å²) in [6.45, 7) is 6.20. The molecule has 0 aliphatic heterocycles. The molecule has 1 aromatic heterocycles. The van der Waals surface area contributed by atoms with Crippen molar-refractivity contribution in [3.8, 4) is 11.5 Å². The second kappa shape index (κ2) is 11.8. The SMILES string of the molecule is CCOc1ccc(N(C)S(=O)(=O)c2cc(Cl)sc2C(=O)Nc2cccc(C(=O)CC)c2)cc1OCC. The highest BCUT2D eigenvalue weighted by Crippen LogP contribution is 2.37. The van der Waals surface area contributed by atoms with E-state index in [4.69, 9.17) is 21.1 Å². The second-order valence-corrected chi connectivity index (χ2v) is 11.1. The normalized spacial score (nSPS) is 11.1. The summed E-state index contributed by atoms with van der Waals surface area (Å²) < 4.78 is 39.5. The number of thiophene rings is 1. The number of hydrogen-bond donors (Lipinski definition) is 1. The van der Waals surface area contributed by atoms with Crippen molar-refractivity contribution in [2.45, 2.75) is 32.1 Å². The molecule has 36 heavy (non-hydrogen) atoms. The van der Waals surface area contributed by atoms with E-state index in [0.29, 0.717) is 48.1 Å². The van der Waals surface area contributed by atoms with Crippen LogP contribution in [0.2, 0.25) is 4.34 Å². The summed E-state index contributed by atoms with van der Waals surface area (Å²) in [5.74, 6) is 0.177. The highest BCUT2D eigenvalue weighted by molar-refractivity contribution is 7.93. The van der Waals surface area contributed by atoms with Crippen LogP contribution in [-0.2, 0) is 10.0 Å². The summed E-state index contributed by atoms with van der Waals surface area (Å²) in [4.78, 5) is 24.8. The molecule has 0 spiro atoms. The fourth-order valence-corrected chi connectivity index (χ4v) is 6.26. The summed E-state index contributed by atoms with van der Waals surface area (Å²) in [5, 5.41) is 2.67. The summed E-state index contributed by atoms with van der Waals surface area (Å²) in [7, 11) is -2.79. The highest BCUT2D eigenvalue weighted by Gasteiger charge is 2.30. The van der Waals surface area contributed by atoms with Crippen molar-refractivity contribution in [1.29, 1.82) is 0 Å². The van der Waals surface area contributed by atoms with Crippen LogP contribution in [0, 0.1) is 0 Å². The first kappa shape index (κ1) is 27.5. The Morgan fingerprint density at radius 3 is 2.36 bits per heavy atom. The van der Waals surface area contributed by atoms with Crippen LogP contribution in [0.15, 0.2) is 53.4 Å². The van der Waals surface area contributed by atoms with E-state index < -0.39 is 15.9 Å². The van der Waals surface area contributed by atoms with Crippen molar-refractivity contribution < 1.29 is 27.5 Å². The number of Topliss-reactive ketones (excluding diaryl/α,β-unsaturated/α-hetero) is 1. The van der Waals surface area contributed by atoms with E-state index in [0.717, 1.165) is 15.6 Å². The zero-order valence-electron chi connectivity index (χ0n) is 20.3. The van der Waals surface area contributed by atoms with E-state index in [2.05, 4.69) is 5.32 Å². The van der Waals surface area contributed by atoms with Gasteiger partial charge in [0.15, 0.2) is 17.3 Å². The minimum atomic E-state index is -4.17. The summed E-state index contributed by atoms with van der Waals surface area (Å²) >= 11 is 7.00. The quantitative estimate of drug-likeness (QED) is 0.300. The van der Waals surface area contributed by atoms with Crippen molar-refractivity contribution in [2.24, 2.45) is 0 Å². The van der Waals surface area contributed by atoms with Gasteiger partial charge in [-0.3, -0.25) is 13.9 Å².